The minimum absolute atomic E-state index is 0.191. The lowest BCUT2D eigenvalue weighted by atomic mass is 10.2. The summed E-state index contributed by atoms with van der Waals surface area (Å²) in [4.78, 5) is 21.4. The van der Waals surface area contributed by atoms with E-state index in [4.69, 9.17) is 4.74 Å². The molecule has 1 aromatic rings. The number of rotatable bonds is 6. The molecule has 17 heavy (non-hydrogen) atoms. The van der Waals surface area contributed by atoms with Crippen LogP contribution in [0.2, 0.25) is 0 Å². The molecule has 0 amide bonds. The molecule has 1 N–H and O–H groups in total. The molecule has 1 atom stereocenters. The number of hydrogen-bond donors (Lipinski definition) is 1. The zero-order chi connectivity index (χ0) is 12.7. The standard InChI is InChI=1S/C11H11IO5/c12-9-3-1-2-8(4-9)11(15)17-6-10(14)5-16-7-13/h1-4,7,10,14H,5-6H2. The molecule has 0 aromatic heterocycles. The zero-order valence-corrected chi connectivity index (χ0v) is 11.0. The van der Waals surface area contributed by atoms with Crippen LogP contribution in [0.1, 0.15) is 10.4 Å². The van der Waals surface area contributed by atoms with E-state index in [0.717, 1.165) is 3.57 Å². The number of carbonyl (C=O) groups is 2. The van der Waals surface area contributed by atoms with Gasteiger partial charge < -0.3 is 14.6 Å². The third-order valence-electron chi connectivity index (χ3n) is 1.82. The highest BCUT2D eigenvalue weighted by Gasteiger charge is 2.11. The van der Waals surface area contributed by atoms with Crippen molar-refractivity contribution in [2.45, 2.75) is 6.10 Å². The van der Waals surface area contributed by atoms with Crippen LogP contribution in [0.5, 0.6) is 0 Å². The van der Waals surface area contributed by atoms with Crippen molar-refractivity contribution in [2.24, 2.45) is 0 Å². The van der Waals surface area contributed by atoms with Crippen LogP contribution < -0.4 is 0 Å². The predicted octanol–water partition coefficient (Wildman–Crippen LogP) is 0.982. The molecular weight excluding hydrogens is 339 g/mol. The smallest absolute Gasteiger partial charge is 0.338 e. The van der Waals surface area contributed by atoms with Gasteiger partial charge in [0.05, 0.1) is 5.56 Å². The van der Waals surface area contributed by atoms with Gasteiger partial charge in [0.25, 0.3) is 6.47 Å². The Kier molecular flexibility index (Phi) is 5.92. The van der Waals surface area contributed by atoms with Gasteiger partial charge in [0.2, 0.25) is 0 Å². The molecule has 0 aliphatic heterocycles. The Morgan fingerprint density at radius 2 is 2.24 bits per heavy atom. The van der Waals surface area contributed by atoms with E-state index < -0.39 is 12.1 Å². The number of esters is 1. The number of ether oxygens (including phenoxy) is 2. The van der Waals surface area contributed by atoms with Crippen molar-refractivity contribution in [3.63, 3.8) is 0 Å². The Morgan fingerprint density at radius 1 is 1.47 bits per heavy atom. The molecule has 0 saturated carbocycles. The molecule has 0 fully saturated rings. The van der Waals surface area contributed by atoms with Gasteiger partial charge in [0, 0.05) is 3.57 Å². The average Bonchev–Trinajstić information content (AvgIpc) is 2.33. The summed E-state index contributed by atoms with van der Waals surface area (Å²) in [7, 11) is 0. The Hall–Kier alpha value is -1.15. The summed E-state index contributed by atoms with van der Waals surface area (Å²) >= 11 is 2.08. The van der Waals surface area contributed by atoms with Crippen molar-refractivity contribution in [3.05, 3.63) is 33.4 Å². The van der Waals surface area contributed by atoms with Crippen molar-refractivity contribution >= 4 is 35.0 Å². The Bertz CT molecular complexity index is 393. The van der Waals surface area contributed by atoms with Crippen molar-refractivity contribution < 1.29 is 24.2 Å². The number of benzene rings is 1. The topological polar surface area (TPSA) is 72.8 Å². The lowest BCUT2D eigenvalue weighted by Gasteiger charge is -2.10. The summed E-state index contributed by atoms with van der Waals surface area (Å²) in [5.41, 5.74) is 0.417. The van der Waals surface area contributed by atoms with E-state index in [1.54, 1.807) is 18.2 Å². The second kappa shape index (κ2) is 7.23. The van der Waals surface area contributed by atoms with E-state index in [1.165, 1.54) is 0 Å². The van der Waals surface area contributed by atoms with Crippen molar-refractivity contribution in [2.75, 3.05) is 13.2 Å². The van der Waals surface area contributed by atoms with Gasteiger partial charge in [0.15, 0.2) is 0 Å². The van der Waals surface area contributed by atoms with Crippen molar-refractivity contribution in [3.8, 4) is 0 Å². The van der Waals surface area contributed by atoms with Crippen LogP contribution in [0.15, 0.2) is 24.3 Å². The average molecular weight is 350 g/mol. The van der Waals surface area contributed by atoms with Gasteiger partial charge in [-0.15, -0.1) is 0 Å². The molecule has 92 valence electrons. The molecule has 0 bridgehead atoms. The maximum Gasteiger partial charge on any atom is 0.338 e. The fraction of sp³-hybridized carbons (Fsp3) is 0.273. The summed E-state index contributed by atoms with van der Waals surface area (Å²) in [6, 6.07) is 6.89. The number of aliphatic hydroxyl groups excluding tert-OH is 1. The molecular formula is C11H11IO5. The SMILES string of the molecule is O=COCC(O)COC(=O)c1cccc(I)c1. The van der Waals surface area contributed by atoms with Crippen molar-refractivity contribution in [1.29, 1.82) is 0 Å². The second-order valence-corrected chi connectivity index (χ2v) is 4.44. The number of aliphatic hydroxyl groups is 1. The monoisotopic (exact) mass is 350 g/mol. The summed E-state index contributed by atoms with van der Waals surface area (Å²) < 4.78 is 10.1. The summed E-state index contributed by atoms with van der Waals surface area (Å²) in [5, 5.41) is 9.27. The van der Waals surface area contributed by atoms with Gasteiger partial charge in [0.1, 0.15) is 19.3 Å². The maximum absolute atomic E-state index is 11.5. The lowest BCUT2D eigenvalue weighted by Crippen LogP contribution is -2.23. The van der Waals surface area contributed by atoms with Gasteiger partial charge in [-0.05, 0) is 40.8 Å². The molecule has 0 heterocycles. The maximum atomic E-state index is 11.5. The molecule has 1 rings (SSSR count). The van der Waals surface area contributed by atoms with Crippen LogP contribution in [0.25, 0.3) is 0 Å². The predicted molar refractivity (Wildman–Crippen MR) is 67.5 cm³/mol. The highest BCUT2D eigenvalue weighted by Crippen LogP contribution is 2.09. The second-order valence-electron chi connectivity index (χ2n) is 3.19. The highest BCUT2D eigenvalue weighted by molar-refractivity contribution is 14.1. The quantitative estimate of drug-likeness (QED) is 0.471. The first-order valence-corrected chi connectivity index (χ1v) is 5.87. The zero-order valence-electron chi connectivity index (χ0n) is 8.84. The van der Waals surface area contributed by atoms with Crippen LogP contribution in [0.4, 0.5) is 0 Å². The van der Waals surface area contributed by atoms with E-state index in [1.807, 2.05) is 6.07 Å². The first kappa shape index (κ1) is 13.9. The van der Waals surface area contributed by atoms with Crippen LogP contribution in [0.3, 0.4) is 0 Å². The fourth-order valence-corrected chi connectivity index (χ4v) is 1.61. The molecule has 0 saturated heterocycles. The van der Waals surface area contributed by atoms with Crippen LogP contribution in [-0.2, 0) is 14.3 Å². The third-order valence-corrected chi connectivity index (χ3v) is 2.49. The minimum atomic E-state index is -1.01. The Balaban J connectivity index is 2.42. The molecule has 1 aromatic carbocycles. The Morgan fingerprint density at radius 3 is 2.88 bits per heavy atom. The first-order valence-electron chi connectivity index (χ1n) is 4.79. The number of hydrogen-bond acceptors (Lipinski definition) is 5. The third kappa shape index (κ3) is 5.14. The normalized spacial score (nSPS) is 11.6. The van der Waals surface area contributed by atoms with E-state index in [9.17, 15) is 14.7 Å². The summed E-state index contributed by atoms with van der Waals surface area (Å²) in [6.45, 7) is -0.175. The van der Waals surface area contributed by atoms with E-state index in [2.05, 4.69) is 27.3 Å². The Labute approximate surface area is 112 Å². The molecule has 0 aliphatic carbocycles. The van der Waals surface area contributed by atoms with Gasteiger partial charge in [-0.3, -0.25) is 4.79 Å². The molecule has 0 radical (unpaired) electrons. The van der Waals surface area contributed by atoms with Crippen LogP contribution >= 0.6 is 22.6 Å². The molecule has 0 aliphatic rings. The van der Waals surface area contributed by atoms with Crippen LogP contribution in [-0.4, -0.2) is 36.9 Å². The molecule has 1 unspecified atom stereocenters. The molecule has 6 heteroatoms. The van der Waals surface area contributed by atoms with E-state index in [-0.39, 0.29) is 19.7 Å². The summed E-state index contributed by atoms with van der Waals surface area (Å²) in [5.74, 6) is -0.520. The molecule has 5 nitrogen and oxygen atoms in total. The van der Waals surface area contributed by atoms with Crippen LogP contribution in [0, 0.1) is 3.57 Å². The highest BCUT2D eigenvalue weighted by atomic mass is 127. The van der Waals surface area contributed by atoms with Crippen molar-refractivity contribution in [1.82, 2.24) is 0 Å². The first-order chi connectivity index (χ1) is 8.13. The molecule has 0 spiro atoms. The fourth-order valence-electron chi connectivity index (χ4n) is 1.07. The van der Waals surface area contributed by atoms with Gasteiger partial charge in [-0.2, -0.15) is 0 Å². The van der Waals surface area contributed by atoms with Gasteiger partial charge >= 0.3 is 5.97 Å². The lowest BCUT2D eigenvalue weighted by molar-refractivity contribution is -0.132. The minimum Gasteiger partial charge on any atom is -0.465 e. The van der Waals surface area contributed by atoms with Gasteiger partial charge in [-0.1, -0.05) is 6.07 Å². The number of carbonyl (C=O) groups excluding carboxylic acids is 2. The number of halogens is 1. The van der Waals surface area contributed by atoms with E-state index in [0.29, 0.717) is 5.56 Å². The van der Waals surface area contributed by atoms with Gasteiger partial charge in [-0.25, -0.2) is 4.79 Å². The van der Waals surface area contributed by atoms with E-state index >= 15 is 0 Å². The summed E-state index contributed by atoms with van der Waals surface area (Å²) in [6.07, 6.45) is -1.01. The largest absolute Gasteiger partial charge is 0.465 e.